The highest BCUT2D eigenvalue weighted by atomic mass is 32.2. The second kappa shape index (κ2) is 7.44. The van der Waals surface area contributed by atoms with Crippen LogP contribution >= 0.6 is 0 Å². The van der Waals surface area contributed by atoms with Crippen molar-refractivity contribution in [2.45, 2.75) is 11.8 Å². The molecule has 0 saturated heterocycles. The van der Waals surface area contributed by atoms with E-state index in [1.165, 1.54) is 57.5 Å². The maximum atomic E-state index is 12.7. The van der Waals surface area contributed by atoms with Gasteiger partial charge < -0.3 is 14.6 Å². The number of hydrogen-bond acceptors (Lipinski definition) is 6. The summed E-state index contributed by atoms with van der Waals surface area (Å²) in [5.41, 5.74) is 0.517. The van der Waals surface area contributed by atoms with Crippen molar-refractivity contribution in [3.63, 3.8) is 0 Å². The summed E-state index contributed by atoms with van der Waals surface area (Å²) in [6.07, 6.45) is 0. The molecule has 0 saturated carbocycles. The molecule has 0 amide bonds. The fourth-order valence-corrected chi connectivity index (χ4v) is 3.59. The van der Waals surface area contributed by atoms with E-state index in [-0.39, 0.29) is 33.0 Å². The quantitative estimate of drug-likeness (QED) is 0.739. The summed E-state index contributed by atoms with van der Waals surface area (Å²) in [6.45, 7) is 1.50. The minimum Gasteiger partial charge on any atom is -0.495 e. The number of methoxy groups -OCH3 is 2. The third-order valence-electron chi connectivity index (χ3n) is 3.68. The number of carboxylic acid groups (broad SMARTS) is 1. The Morgan fingerprint density at radius 3 is 2.38 bits per heavy atom. The zero-order chi connectivity index (χ0) is 19.5. The first-order valence-electron chi connectivity index (χ1n) is 7.33. The van der Waals surface area contributed by atoms with E-state index in [2.05, 4.69) is 9.46 Å². The number of aromatic carboxylic acids is 1. The van der Waals surface area contributed by atoms with Gasteiger partial charge in [0.2, 0.25) is 0 Å². The lowest BCUT2D eigenvalue weighted by Crippen LogP contribution is -2.16. The van der Waals surface area contributed by atoms with Crippen molar-refractivity contribution in [1.82, 2.24) is 0 Å². The number of rotatable bonds is 6. The van der Waals surface area contributed by atoms with Gasteiger partial charge in [-0.3, -0.25) is 4.72 Å². The standard InChI is InChI=1S/C17H17NO7S/c1-10-12(16(19)20)5-4-6-13(10)18-26(22,23)15-8-7-11(17(21)25-3)9-14(15)24-2/h4-9,18H,1-3H3,(H,19,20). The van der Waals surface area contributed by atoms with E-state index < -0.39 is 22.0 Å². The van der Waals surface area contributed by atoms with E-state index in [1.54, 1.807) is 0 Å². The zero-order valence-electron chi connectivity index (χ0n) is 14.3. The summed E-state index contributed by atoms with van der Waals surface area (Å²) in [5, 5.41) is 9.15. The van der Waals surface area contributed by atoms with Crippen molar-refractivity contribution in [2.24, 2.45) is 0 Å². The van der Waals surface area contributed by atoms with Gasteiger partial charge in [0.1, 0.15) is 10.6 Å². The fraction of sp³-hybridized carbons (Fsp3) is 0.176. The number of hydrogen-bond donors (Lipinski definition) is 2. The largest absolute Gasteiger partial charge is 0.495 e. The van der Waals surface area contributed by atoms with Crippen LogP contribution in [0.3, 0.4) is 0 Å². The highest BCUT2D eigenvalue weighted by Gasteiger charge is 2.23. The normalized spacial score (nSPS) is 10.9. The van der Waals surface area contributed by atoms with Crippen molar-refractivity contribution in [2.75, 3.05) is 18.9 Å². The number of carbonyl (C=O) groups excluding carboxylic acids is 1. The number of carboxylic acids is 1. The molecule has 0 atom stereocenters. The first-order valence-corrected chi connectivity index (χ1v) is 8.81. The molecule has 8 nitrogen and oxygen atoms in total. The van der Waals surface area contributed by atoms with Gasteiger partial charge in [-0.1, -0.05) is 6.07 Å². The molecule has 0 aliphatic rings. The molecule has 9 heteroatoms. The molecule has 2 N–H and O–H groups in total. The van der Waals surface area contributed by atoms with Gasteiger partial charge in [0.25, 0.3) is 10.0 Å². The van der Waals surface area contributed by atoms with Crippen LogP contribution < -0.4 is 9.46 Å². The van der Waals surface area contributed by atoms with Crippen molar-refractivity contribution >= 4 is 27.6 Å². The molecular formula is C17H17NO7S. The van der Waals surface area contributed by atoms with Crippen LogP contribution in [0.25, 0.3) is 0 Å². The molecule has 2 rings (SSSR count). The second-order valence-electron chi connectivity index (χ2n) is 5.25. The van der Waals surface area contributed by atoms with Crippen molar-refractivity contribution in [3.05, 3.63) is 53.1 Å². The van der Waals surface area contributed by atoms with Crippen LogP contribution in [0.2, 0.25) is 0 Å². The lowest BCUT2D eigenvalue weighted by atomic mass is 10.1. The summed E-state index contributed by atoms with van der Waals surface area (Å²) < 4.78 is 37.4. The summed E-state index contributed by atoms with van der Waals surface area (Å²) >= 11 is 0. The minimum absolute atomic E-state index is 0.0156. The summed E-state index contributed by atoms with van der Waals surface area (Å²) in [6, 6.07) is 8.02. The van der Waals surface area contributed by atoms with E-state index in [0.717, 1.165) is 0 Å². The van der Waals surface area contributed by atoms with Crippen LogP contribution in [0.5, 0.6) is 5.75 Å². The molecule has 0 fully saturated rings. The Labute approximate surface area is 150 Å². The number of anilines is 1. The molecule has 138 valence electrons. The minimum atomic E-state index is -4.09. The molecule has 0 unspecified atom stereocenters. The van der Waals surface area contributed by atoms with Gasteiger partial charge in [-0.25, -0.2) is 18.0 Å². The van der Waals surface area contributed by atoms with Crippen LogP contribution in [-0.4, -0.2) is 39.7 Å². The van der Waals surface area contributed by atoms with Crippen LogP contribution in [0.1, 0.15) is 26.3 Å². The Kier molecular flexibility index (Phi) is 5.51. The van der Waals surface area contributed by atoms with E-state index in [0.29, 0.717) is 0 Å². The van der Waals surface area contributed by atoms with Crippen LogP contribution in [-0.2, 0) is 14.8 Å². The number of sulfonamides is 1. The molecule has 0 radical (unpaired) electrons. The van der Waals surface area contributed by atoms with E-state index in [4.69, 9.17) is 9.84 Å². The Morgan fingerprint density at radius 2 is 1.81 bits per heavy atom. The highest BCUT2D eigenvalue weighted by molar-refractivity contribution is 7.92. The predicted molar refractivity (Wildman–Crippen MR) is 93.3 cm³/mol. The predicted octanol–water partition coefficient (Wildman–Crippen LogP) is 2.29. The first kappa shape index (κ1) is 19.3. The Bertz CT molecular complexity index is 967. The Balaban J connectivity index is 2.47. The maximum Gasteiger partial charge on any atom is 0.337 e. The lowest BCUT2D eigenvalue weighted by Gasteiger charge is -2.14. The van der Waals surface area contributed by atoms with Gasteiger partial charge in [-0.15, -0.1) is 0 Å². The van der Waals surface area contributed by atoms with Crippen molar-refractivity contribution in [1.29, 1.82) is 0 Å². The third kappa shape index (κ3) is 3.77. The topological polar surface area (TPSA) is 119 Å². The number of ether oxygens (including phenoxy) is 2. The van der Waals surface area contributed by atoms with E-state index >= 15 is 0 Å². The van der Waals surface area contributed by atoms with Crippen molar-refractivity contribution in [3.8, 4) is 5.75 Å². The van der Waals surface area contributed by atoms with Crippen LogP contribution in [0.4, 0.5) is 5.69 Å². The van der Waals surface area contributed by atoms with Gasteiger partial charge in [0.05, 0.1) is 31.0 Å². The summed E-state index contributed by atoms with van der Waals surface area (Å²) in [7, 11) is -1.61. The Morgan fingerprint density at radius 1 is 1.12 bits per heavy atom. The summed E-state index contributed by atoms with van der Waals surface area (Å²) in [5.74, 6) is -1.85. The first-order chi connectivity index (χ1) is 12.2. The number of esters is 1. The summed E-state index contributed by atoms with van der Waals surface area (Å²) in [4.78, 5) is 22.6. The van der Waals surface area contributed by atoms with Gasteiger partial charge in [0.15, 0.2) is 0 Å². The van der Waals surface area contributed by atoms with Crippen LogP contribution in [0.15, 0.2) is 41.3 Å². The average Bonchev–Trinajstić information content (AvgIpc) is 2.61. The molecule has 0 aromatic heterocycles. The number of carbonyl (C=O) groups is 2. The molecule has 0 aliphatic heterocycles. The lowest BCUT2D eigenvalue weighted by molar-refractivity contribution is 0.0599. The number of benzene rings is 2. The second-order valence-corrected chi connectivity index (χ2v) is 6.90. The van der Waals surface area contributed by atoms with E-state index in [1.807, 2.05) is 0 Å². The van der Waals surface area contributed by atoms with Gasteiger partial charge >= 0.3 is 11.9 Å². The van der Waals surface area contributed by atoms with Crippen LogP contribution in [0, 0.1) is 6.92 Å². The molecule has 0 bridgehead atoms. The highest BCUT2D eigenvalue weighted by Crippen LogP contribution is 2.29. The van der Waals surface area contributed by atoms with Gasteiger partial charge in [-0.05, 0) is 42.8 Å². The Hall–Kier alpha value is -3.07. The van der Waals surface area contributed by atoms with Gasteiger partial charge in [-0.2, -0.15) is 0 Å². The molecule has 2 aromatic rings. The molecular weight excluding hydrogens is 362 g/mol. The smallest absolute Gasteiger partial charge is 0.337 e. The molecule has 26 heavy (non-hydrogen) atoms. The fourth-order valence-electron chi connectivity index (χ4n) is 2.31. The third-order valence-corrected chi connectivity index (χ3v) is 5.09. The maximum absolute atomic E-state index is 12.7. The number of nitrogens with one attached hydrogen (secondary N) is 1. The molecule has 0 heterocycles. The monoisotopic (exact) mass is 379 g/mol. The zero-order valence-corrected chi connectivity index (χ0v) is 15.1. The SMILES string of the molecule is COC(=O)c1ccc(S(=O)(=O)Nc2cccc(C(=O)O)c2C)c(OC)c1. The van der Waals surface area contributed by atoms with E-state index in [9.17, 15) is 18.0 Å². The molecule has 2 aromatic carbocycles. The van der Waals surface area contributed by atoms with Gasteiger partial charge in [0, 0.05) is 0 Å². The van der Waals surface area contributed by atoms with Crippen molar-refractivity contribution < 1.29 is 32.6 Å². The average molecular weight is 379 g/mol. The molecule has 0 spiro atoms. The molecule has 0 aliphatic carbocycles.